The van der Waals surface area contributed by atoms with Crippen molar-refractivity contribution in [2.24, 2.45) is 0 Å². The van der Waals surface area contributed by atoms with Crippen LogP contribution in [0.4, 0.5) is 0 Å². The van der Waals surface area contributed by atoms with Crippen molar-refractivity contribution >= 4 is 15.9 Å². The van der Waals surface area contributed by atoms with E-state index in [2.05, 4.69) is 4.72 Å². The number of hydrogen-bond acceptors (Lipinski definition) is 4. The van der Waals surface area contributed by atoms with Crippen molar-refractivity contribution in [3.05, 3.63) is 29.8 Å². The molecule has 1 aromatic rings. The van der Waals surface area contributed by atoms with E-state index >= 15 is 0 Å². The summed E-state index contributed by atoms with van der Waals surface area (Å²) in [6.07, 6.45) is 2.06. The van der Waals surface area contributed by atoms with E-state index < -0.39 is 10.0 Å². The van der Waals surface area contributed by atoms with Gasteiger partial charge in [-0.15, -0.1) is 0 Å². The molecule has 0 spiro atoms. The lowest BCUT2D eigenvalue weighted by atomic mass is 10.2. The van der Waals surface area contributed by atoms with Crippen molar-refractivity contribution in [3.8, 4) is 0 Å². The largest absolute Gasteiger partial charge is 0.383 e. The molecule has 116 valence electrons. The molecular formula is C14H20N2O4S. The summed E-state index contributed by atoms with van der Waals surface area (Å²) < 4.78 is 31.2. The van der Waals surface area contributed by atoms with Crippen molar-refractivity contribution in [3.63, 3.8) is 0 Å². The van der Waals surface area contributed by atoms with E-state index in [0.717, 1.165) is 25.9 Å². The summed E-state index contributed by atoms with van der Waals surface area (Å²) in [6.45, 7) is 2.08. The second kappa shape index (κ2) is 7.02. The van der Waals surface area contributed by atoms with Crippen molar-refractivity contribution < 1.29 is 17.9 Å². The predicted octanol–water partition coefficient (Wildman–Crippen LogP) is 0.847. The Bertz CT molecular complexity index is 577. The quantitative estimate of drug-likeness (QED) is 0.790. The standard InChI is InChI=1S/C14H20N2O4S/c1-20-11-8-15-21(18,19)13-6-4-12(5-7-13)14(17)16-9-2-3-10-16/h4-7,15H,2-3,8-11H2,1H3. The number of hydrogen-bond donors (Lipinski definition) is 1. The molecule has 0 atom stereocenters. The number of amides is 1. The Morgan fingerprint density at radius 1 is 1.24 bits per heavy atom. The molecule has 1 amide bonds. The molecule has 1 aromatic carbocycles. The van der Waals surface area contributed by atoms with Gasteiger partial charge in [-0.1, -0.05) is 0 Å². The van der Waals surface area contributed by atoms with Crippen molar-refractivity contribution in [1.29, 1.82) is 0 Å². The third-order valence-electron chi connectivity index (χ3n) is 3.40. The topological polar surface area (TPSA) is 75.7 Å². The molecule has 7 heteroatoms. The Hall–Kier alpha value is -1.44. The van der Waals surface area contributed by atoms with Gasteiger partial charge in [-0.25, -0.2) is 13.1 Å². The number of sulfonamides is 1. The Morgan fingerprint density at radius 2 is 1.86 bits per heavy atom. The van der Waals surface area contributed by atoms with Crippen LogP contribution in [0.15, 0.2) is 29.2 Å². The van der Waals surface area contributed by atoms with Gasteiger partial charge in [0.2, 0.25) is 10.0 Å². The van der Waals surface area contributed by atoms with E-state index in [1.807, 2.05) is 0 Å². The number of likely N-dealkylation sites (tertiary alicyclic amines) is 1. The molecule has 1 heterocycles. The Morgan fingerprint density at radius 3 is 2.43 bits per heavy atom. The summed E-state index contributed by atoms with van der Waals surface area (Å²) in [7, 11) is -2.04. The van der Waals surface area contributed by atoms with Crippen LogP contribution in [-0.4, -0.2) is 52.6 Å². The average Bonchev–Trinajstić information content (AvgIpc) is 3.01. The SMILES string of the molecule is COCCNS(=O)(=O)c1ccc(C(=O)N2CCCC2)cc1. The smallest absolute Gasteiger partial charge is 0.253 e. The van der Waals surface area contributed by atoms with Crippen molar-refractivity contribution in [2.75, 3.05) is 33.4 Å². The van der Waals surface area contributed by atoms with E-state index in [4.69, 9.17) is 4.74 Å². The van der Waals surface area contributed by atoms with Gasteiger partial charge in [0.25, 0.3) is 5.91 Å². The predicted molar refractivity (Wildman–Crippen MR) is 78.6 cm³/mol. The summed E-state index contributed by atoms with van der Waals surface area (Å²) in [4.78, 5) is 14.1. The number of rotatable bonds is 6. The van der Waals surface area contributed by atoms with E-state index in [0.29, 0.717) is 12.2 Å². The summed E-state index contributed by atoms with van der Waals surface area (Å²) >= 11 is 0. The van der Waals surface area contributed by atoms with Gasteiger partial charge in [0.15, 0.2) is 0 Å². The fourth-order valence-electron chi connectivity index (χ4n) is 2.24. The van der Waals surface area contributed by atoms with Gasteiger partial charge in [0.05, 0.1) is 11.5 Å². The van der Waals surface area contributed by atoms with Gasteiger partial charge in [0.1, 0.15) is 0 Å². The Kier molecular flexibility index (Phi) is 5.33. The van der Waals surface area contributed by atoms with Crippen LogP contribution in [0.2, 0.25) is 0 Å². The maximum Gasteiger partial charge on any atom is 0.253 e. The minimum atomic E-state index is -3.55. The van der Waals surface area contributed by atoms with Crippen LogP contribution in [0.25, 0.3) is 0 Å². The fraction of sp³-hybridized carbons (Fsp3) is 0.500. The molecule has 1 saturated heterocycles. The fourth-order valence-corrected chi connectivity index (χ4v) is 3.25. The lowest BCUT2D eigenvalue weighted by Crippen LogP contribution is -2.28. The lowest BCUT2D eigenvalue weighted by Gasteiger charge is -2.15. The van der Waals surface area contributed by atoms with Gasteiger partial charge in [0, 0.05) is 32.3 Å². The number of methoxy groups -OCH3 is 1. The molecule has 0 saturated carbocycles. The normalized spacial score (nSPS) is 15.4. The number of carbonyl (C=O) groups is 1. The molecule has 21 heavy (non-hydrogen) atoms. The summed E-state index contributed by atoms with van der Waals surface area (Å²) in [6, 6.07) is 6.04. The lowest BCUT2D eigenvalue weighted by molar-refractivity contribution is 0.0792. The first-order valence-electron chi connectivity index (χ1n) is 6.92. The van der Waals surface area contributed by atoms with Crippen molar-refractivity contribution in [2.45, 2.75) is 17.7 Å². The highest BCUT2D eigenvalue weighted by atomic mass is 32.2. The minimum Gasteiger partial charge on any atom is -0.383 e. The van der Waals surface area contributed by atoms with Gasteiger partial charge in [-0.05, 0) is 37.1 Å². The maximum atomic E-state index is 12.2. The number of ether oxygens (including phenoxy) is 1. The zero-order valence-corrected chi connectivity index (χ0v) is 12.9. The van der Waals surface area contributed by atoms with Crippen LogP contribution in [0.1, 0.15) is 23.2 Å². The number of benzene rings is 1. The molecule has 2 rings (SSSR count). The van der Waals surface area contributed by atoms with E-state index in [-0.39, 0.29) is 17.3 Å². The average molecular weight is 312 g/mol. The highest BCUT2D eigenvalue weighted by Gasteiger charge is 2.20. The first kappa shape index (κ1) is 15.9. The van der Waals surface area contributed by atoms with Crippen LogP contribution in [-0.2, 0) is 14.8 Å². The number of nitrogens with one attached hydrogen (secondary N) is 1. The summed E-state index contributed by atoms with van der Waals surface area (Å²) in [5, 5.41) is 0. The molecule has 1 fully saturated rings. The Labute approximate surface area is 125 Å². The zero-order chi connectivity index (χ0) is 15.3. The van der Waals surface area contributed by atoms with E-state index in [1.165, 1.54) is 19.2 Å². The first-order chi connectivity index (χ1) is 10.0. The monoisotopic (exact) mass is 312 g/mol. The van der Waals surface area contributed by atoms with Crippen molar-refractivity contribution in [1.82, 2.24) is 9.62 Å². The van der Waals surface area contributed by atoms with Crippen LogP contribution in [0.3, 0.4) is 0 Å². The van der Waals surface area contributed by atoms with Crippen LogP contribution >= 0.6 is 0 Å². The molecule has 0 aromatic heterocycles. The summed E-state index contributed by atoms with van der Waals surface area (Å²) in [5.41, 5.74) is 0.521. The molecule has 0 aliphatic carbocycles. The molecule has 0 bridgehead atoms. The van der Waals surface area contributed by atoms with Crippen LogP contribution < -0.4 is 4.72 Å². The molecule has 0 unspecified atom stereocenters. The molecule has 1 aliphatic heterocycles. The Balaban J connectivity index is 2.05. The highest BCUT2D eigenvalue weighted by molar-refractivity contribution is 7.89. The van der Waals surface area contributed by atoms with Gasteiger partial charge >= 0.3 is 0 Å². The van der Waals surface area contributed by atoms with Crippen LogP contribution in [0, 0.1) is 0 Å². The third-order valence-corrected chi connectivity index (χ3v) is 4.88. The maximum absolute atomic E-state index is 12.2. The zero-order valence-electron chi connectivity index (χ0n) is 12.0. The third kappa shape index (κ3) is 4.03. The van der Waals surface area contributed by atoms with E-state index in [9.17, 15) is 13.2 Å². The first-order valence-corrected chi connectivity index (χ1v) is 8.41. The number of carbonyl (C=O) groups excluding carboxylic acids is 1. The summed E-state index contributed by atoms with van der Waals surface area (Å²) in [5.74, 6) is -0.0382. The molecule has 6 nitrogen and oxygen atoms in total. The molecule has 1 N–H and O–H groups in total. The second-order valence-corrected chi connectivity index (χ2v) is 6.68. The molecular weight excluding hydrogens is 292 g/mol. The second-order valence-electron chi connectivity index (χ2n) is 4.91. The molecule has 1 aliphatic rings. The highest BCUT2D eigenvalue weighted by Crippen LogP contribution is 2.15. The number of nitrogens with zero attached hydrogens (tertiary/aromatic N) is 1. The minimum absolute atomic E-state index is 0.0382. The van der Waals surface area contributed by atoms with Gasteiger partial charge in [-0.2, -0.15) is 0 Å². The van der Waals surface area contributed by atoms with Gasteiger partial charge in [-0.3, -0.25) is 4.79 Å². The van der Waals surface area contributed by atoms with Gasteiger partial charge < -0.3 is 9.64 Å². The van der Waals surface area contributed by atoms with Crippen LogP contribution in [0.5, 0.6) is 0 Å². The van der Waals surface area contributed by atoms with E-state index in [1.54, 1.807) is 17.0 Å². The molecule has 0 radical (unpaired) electrons.